The zero-order valence-corrected chi connectivity index (χ0v) is 15.9. The Morgan fingerprint density at radius 1 is 1.44 bits per heavy atom. The van der Waals surface area contributed by atoms with Gasteiger partial charge in [0.1, 0.15) is 22.6 Å². The molecule has 1 aromatic carbocycles. The van der Waals surface area contributed by atoms with Gasteiger partial charge in [-0.3, -0.25) is 4.79 Å². The van der Waals surface area contributed by atoms with Crippen molar-refractivity contribution in [2.45, 2.75) is 19.9 Å². The molecule has 8 heteroatoms. The molecule has 0 bridgehead atoms. The SMILES string of the molecule is COCCCNC(=O)/C(C#N)=C/c1c(C)nn(Cc2ccc(F)cc2)c1Cl. The molecule has 0 aliphatic heterocycles. The quantitative estimate of drug-likeness (QED) is 0.426. The summed E-state index contributed by atoms with van der Waals surface area (Å²) in [5, 5.41) is 16.6. The van der Waals surface area contributed by atoms with Crippen LogP contribution in [0, 0.1) is 24.1 Å². The van der Waals surface area contributed by atoms with Crippen molar-refractivity contribution >= 4 is 23.6 Å². The molecule has 1 N–H and O–H groups in total. The summed E-state index contributed by atoms with van der Waals surface area (Å²) in [4.78, 5) is 12.1. The summed E-state index contributed by atoms with van der Waals surface area (Å²) >= 11 is 6.39. The van der Waals surface area contributed by atoms with E-state index in [1.165, 1.54) is 18.2 Å². The Kier molecular flexibility index (Phi) is 7.53. The topological polar surface area (TPSA) is 79.9 Å². The first-order valence-corrected chi connectivity index (χ1v) is 8.70. The molecule has 0 fully saturated rings. The van der Waals surface area contributed by atoms with E-state index >= 15 is 0 Å². The van der Waals surface area contributed by atoms with Crippen molar-refractivity contribution in [3.8, 4) is 6.07 Å². The van der Waals surface area contributed by atoms with Crippen molar-refractivity contribution in [1.82, 2.24) is 15.1 Å². The highest BCUT2D eigenvalue weighted by Crippen LogP contribution is 2.23. The Labute approximate surface area is 162 Å². The third kappa shape index (κ3) is 5.64. The van der Waals surface area contributed by atoms with Crippen molar-refractivity contribution in [1.29, 1.82) is 5.26 Å². The Bertz CT molecular complexity index is 869. The Morgan fingerprint density at radius 3 is 2.78 bits per heavy atom. The van der Waals surface area contributed by atoms with Crippen LogP contribution >= 0.6 is 11.6 Å². The Hall–Kier alpha value is -2.69. The van der Waals surface area contributed by atoms with Gasteiger partial charge in [-0.2, -0.15) is 10.4 Å². The van der Waals surface area contributed by atoms with Gasteiger partial charge in [0.25, 0.3) is 5.91 Å². The fourth-order valence-corrected chi connectivity index (χ4v) is 2.69. The van der Waals surface area contributed by atoms with Crippen molar-refractivity contribution in [2.24, 2.45) is 0 Å². The van der Waals surface area contributed by atoms with Gasteiger partial charge in [-0.1, -0.05) is 23.7 Å². The molecule has 1 heterocycles. The molecule has 0 radical (unpaired) electrons. The smallest absolute Gasteiger partial charge is 0.261 e. The number of aromatic nitrogens is 2. The zero-order valence-electron chi connectivity index (χ0n) is 15.1. The minimum absolute atomic E-state index is 0.0567. The monoisotopic (exact) mass is 390 g/mol. The number of benzene rings is 1. The van der Waals surface area contributed by atoms with Gasteiger partial charge in [0.2, 0.25) is 0 Å². The number of methoxy groups -OCH3 is 1. The molecule has 1 aromatic heterocycles. The lowest BCUT2D eigenvalue weighted by atomic mass is 10.1. The minimum Gasteiger partial charge on any atom is -0.385 e. The van der Waals surface area contributed by atoms with Gasteiger partial charge in [-0.05, 0) is 37.1 Å². The summed E-state index contributed by atoms with van der Waals surface area (Å²) in [6.45, 7) is 3.01. The van der Waals surface area contributed by atoms with Gasteiger partial charge >= 0.3 is 0 Å². The lowest BCUT2D eigenvalue weighted by Crippen LogP contribution is -2.26. The molecular weight excluding hydrogens is 371 g/mol. The van der Waals surface area contributed by atoms with Crippen LogP contribution in [0.5, 0.6) is 0 Å². The van der Waals surface area contributed by atoms with E-state index in [2.05, 4.69) is 10.4 Å². The van der Waals surface area contributed by atoms with Crippen LogP contribution in [-0.2, 0) is 16.1 Å². The van der Waals surface area contributed by atoms with Gasteiger partial charge < -0.3 is 10.1 Å². The summed E-state index contributed by atoms with van der Waals surface area (Å²) in [7, 11) is 1.58. The maximum absolute atomic E-state index is 13.0. The first kappa shape index (κ1) is 20.6. The molecular formula is C19H20ClFN4O2. The number of halogens is 2. The van der Waals surface area contributed by atoms with Gasteiger partial charge in [-0.25, -0.2) is 9.07 Å². The average molecular weight is 391 g/mol. The van der Waals surface area contributed by atoms with E-state index in [-0.39, 0.29) is 11.4 Å². The molecule has 1 amide bonds. The molecule has 0 saturated carbocycles. The number of nitrogens with one attached hydrogen (secondary N) is 1. The molecule has 0 unspecified atom stereocenters. The third-order valence-electron chi connectivity index (χ3n) is 3.82. The average Bonchev–Trinajstić information content (AvgIpc) is 2.91. The van der Waals surface area contributed by atoms with Crippen molar-refractivity contribution < 1.29 is 13.9 Å². The maximum atomic E-state index is 13.0. The predicted octanol–water partition coefficient (Wildman–Crippen LogP) is 3.09. The highest BCUT2D eigenvalue weighted by atomic mass is 35.5. The molecule has 2 aromatic rings. The summed E-state index contributed by atoms with van der Waals surface area (Å²) in [6.07, 6.45) is 2.08. The number of amides is 1. The summed E-state index contributed by atoms with van der Waals surface area (Å²) < 4.78 is 19.5. The van der Waals surface area contributed by atoms with Crippen molar-refractivity contribution in [2.75, 3.05) is 20.3 Å². The number of carbonyl (C=O) groups is 1. The van der Waals surface area contributed by atoms with Gasteiger partial charge in [0.15, 0.2) is 0 Å². The van der Waals surface area contributed by atoms with Crippen LogP contribution in [-0.4, -0.2) is 35.9 Å². The number of nitriles is 1. The predicted molar refractivity (Wildman–Crippen MR) is 101 cm³/mol. The fraction of sp³-hybridized carbons (Fsp3) is 0.316. The van der Waals surface area contributed by atoms with E-state index in [1.54, 1.807) is 30.8 Å². The fourth-order valence-electron chi connectivity index (χ4n) is 2.41. The first-order valence-electron chi connectivity index (χ1n) is 8.32. The van der Waals surface area contributed by atoms with E-state index in [0.29, 0.717) is 42.5 Å². The van der Waals surface area contributed by atoms with Crippen LogP contribution in [0.25, 0.3) is 6.08 Å². The molecule has 6 nitrogen and oxygen atoms in total. The maximum Gasteiger partial charge on any atom is 0.261 e. The number of carbonyl (C=O) groups excluding carboxylic acids is 1. The van der Waals surface area contributed by atoms with E-state index in [0.717, 1.165) is 5.56 Å². The summed E-state index contributed by atoms with van der Waals surface area (Å²) in [6, 6.07) is 7.91. The van der Waals surface area contributed by atoms with Gasteiger partial charge in [0, 0.05) is 25.8 Å². The lowest BCUT2D eigenvalue weighted by molar-refractivity contribution is -0.117. The number of hydrogen-bond acceptors (Lipinski definition) is 4. The highest BCUT2D eigenvalue weighted by molar-refractivity contribution is 6.31. The van der Waals surface area contributed by atoms with Crippen molar-refractivity contribution in [3.63, 3.8) is 0 Å². The molecule has 0 aliphatic rings. The van der Waals surface area contributed by atoms with Crippen LogP contribution in [0.4, 0.5) is 4.39 Å². The van der Waals surface area contributed by atoms with Crippen LogP contribution in [0.1, 0.15) is 23.2 Å². The Balaban J connectivity index is 2.18. The third-order valence-corrected chi connectivity index (χ3v) is 4.22. The van der Waals surface area contributed by atoms with Gasteiger partial charge in [-0.15, -0.1) is 0 Å². The van der Waals surface area contributed by atoms with Gasteiger partial charge in [0.05, 0.1) is 12.2 Å². The standard InChI is InChI=1S/C19H20ClFN4O2/c1-13-17(10-15(11-22)19(26)23-8-3-9-27-2)18(20)25(24-13)12-14-4-6-16(21)7-5-14/h4-7,10H,3,8-9,12H2,1-2H3,(H,23,26)/b15-10+. The van der Waals surface area contributed by atoms with Crippen LogP contribution in [0.15, 0.2) is 29.8 Å². The summed E-state index contributed by atoms with van der Waals surface area (Å²) in [5.41, 5.74) is 1.86. The zero-order chi connectivity index (χ0) is 19.8. The second-order valence-electron chi connectivity index (χ2n) is 5.85. The number of hydrogen-bond donors (Lipinski definition) is 1. The highest BCUT2D eigenvalue weighted by Gasteiger charge is 2.16. The second-order valence-corrected chi connectivity index (χ2v) is 6.20. The molecule has 0 atom stereocenters. The van der Waals surface area contributed by atoms with E-state index < -0.39 is 5.91 Å². The number of ether oxygens (including phenoxy) is 1. The second kappa shape index (κ2) is 9.86. The lowest BCUT2D eigenvalue weighted by Gasteiger charge is -2.04. The molecule has 27 heavy (non-hydrogen) atoms. The van der Waals surface area contributed by atoms with Crippen LogP contribution in [0.2, 0.25) is 5.15 Å². The normalized spacial score (nSPS) is 11.3. The van der Waals surface area contributed by atoms with Crippen LogP contribution in [0.3, 0.4) is 0 Å². The molecule has 0 spiro atoms. The first-order chi connectivity index (χ1) is 13.0. The van der Waals surface area contributed by atoms with Crippen LogP contribution < -0.4 is 5.32 Å². The Morgan fingerprint density at radius 2 is 2.15 bits per heavy atom. The number of rotatable bonds is 8. The van der Waals surface area contributed by atoms with Crippen molar-refractivity contribution in [3.05, 3.63) is 57.6 Å². The molecule has 0 saturated heterocycles. The molecule has 0 aliphatic carbocycles. The number of nitrogens with zero attached hydrogens (tertiary/aromatic N) is 3. The van der Waals surface area contributed by atoms with E-state index in [9.17, 15) is 14.4 Å². The largest absolute Gasteiger partial charge is 0.385 e. The van der Waals surface area contributed by atoms with E-state index in [4.69, 9.17) is 16.3 Å². The minimum atomic E-state index is -0.477. The molecule has 2 rings (SSSR count). The number of aryl methyl sites for hydroxylation is 1. The summed E-state index contributed by atoms with van der Waals surface area (Å²) in [5.74, 6) is -0.796. The molecule has 142 valence electrons. The van der Waals surface area contributed by atoms with E-state index in [1.807, 2.05) is 6.07 Å².